The smallest absolute Gasteiger partial charge is 0.147 e. The van der Waals surface area contributed by atoms with Gasteiger partial charge in [-0.25, -0.2) is 19.3 Å². The van der Waals surface area contributed by atoms with Gasteiger partial charge < -0.3 is 15.2 Å². The number of hydrogen-bond donors (Lipinski definition) is 2. The van der Waals surface area contributed by atoms with Gasteiger partial charge in [-0.2, -0.15) is 0 Å². The van der Waals surface area contributed by atoms with E-state index >= 15 is 0 Å². The van der Waals surface area contributed by atoms with E-state index in [4.69, 9.17) is 17.3 Å². The lowest BCUT2D eigenvalue weighted by Gasteiger charge is -2.44. The summed E-state index contributed by atoms with van der Waals surface area (Å²) in [5.74, 6) is 0.867. The molecule has 1 spiro atoms. The molecule has 1 aliphatic carbocycles. The first-order valence-corrected chi connectivity index (χ1v) is 14.5. The van der Waals surface area contributed by atoms with Crippen molar-refractivity contribution in [2.24, 2.45) is 5.41 Å². The van der Waals surface area contributed by atoms with Crippen molar-refractivity contribution in [3.8, 4) is 0 Å². The molecule has 0 bridgehead atoms. The summed E-state index contributed by atoms with van der Waals surface area (Å²) in [6, 6.07) is 6.70. The molecule has 3 heterocycles. The highest BCUT2D eigenvalue weighted by Gasteiger charge is 2.50. The lowest BCUT2D eigenvalue weighted by atomic mass is 9.73. The molecule has 11 heteroatoms. The number of hydrogen-bond acceptors (Lipinski definition) is 8. The molecule has 37 heavy (non-hydrogen) atoms. The monoisotopic (exact) mass is 560 g/mol. The molecule has 196 valence electrons. The highest BCUT2D eigenvalue weighted by atomic mass is 35.5. The van der Waals surface area contributed by atoms with E-state index in [1.54, 1.807) is 30.7 Å². The summed E-state index contributed by atoms with van der Waals surface area (Å²) in [7, 11) is 0. The van der Waals surface area contributed by atoms with E-state index in [-0.39, 0.29) is 23.1 Å². The van der Waals surface area contributed by atoms with E-state index in [2.05, 4.69) is 24.6 Å². The SMILES string of the molecule is CC(C)(C)[S@@+]([O-])N[C@@H]1c2ccc(F)cc2CC12CCN(c1cnc(Sc3ccnc(N)c3Cl)cn1)CC2. The molecule has 0 unspecified atom stereocenters. The van der Waals surface area contributed by atoms with Gasteiger partial charge in [-0.1, -0.05) is 29.4 Å². The van der Waals surface area contributed by atoms with E-state index in [1.165, 1.54) is 17.8 Å². The normalized spacial score (nSPS) is 19.7. The molecule has 0 saturated carbocycles. The first-order valence-electron chi connectivity index (χ1n) is 12.2. The Morgan fingerprint density at radius 1 is 1.19 bits per heavy atom. The Morgan fingerprint density at radius 3 is 2.62 bits per heavy atom. The van der Waals surface area contributed by atoms with Crippen molar-refractivity contribution >= 4 is 46.4 Å². The Bertz CT molecular complexity index is 1280. The molecule has 1 aliphatic heterocycles. The predicted molar refractivity (Wildman–Crippen MR) is 148 cm³/mol. The maximum Gasteiger partial charge on any atom is 0.147 e. The van der Waals surface area contributed by atoms with E-state index < -0.39 is 16.1 Å². The molecule has 0 radical (unpaired) electrons. The van der Waals surface area contributed by atoms with Gasteiger partial charge in [0.05, 0.1) is 23.5 Å². The average Bonchev–Trinajstić information content (AvgIpc) is 3.14. The number of benzene rings is 1. The van der Waals surface area contributed by atoms with Gasteiger partial charge in [0.25, 0.3) is 0 Å². The van der Waals surface area contributed by atoms with Crippen LogP contribution in [0.15, 0.2) is 52.8 Å². The zero-order chi connectivity index (χ0) is 26.4. The number of fused-ring (bicyclic) bond motifs is 1. The summed E-state index contributed by atoms with van der Waals surface area (Å²) in [5, 5.41) is 1.12. The van der Waals surface area contributed by atoms with Crippen molar-refractivity contribution in [3.63, 3.8) is 0 Å². The zero-order valence-corrected chi connectivity index (χ0v) is 23.4. The molecule has 1 saturated heterocycles. The third-order valence-electron chi connectivity index (χ3n) is 7.14. The number of pyridine rings is 1. The van der Waals surface area contributed by atoms with Crippen molar-refractivity contribution in [1.82, 2.24) is 19.7 Å². The van der Waals surface area contributed by atoms with Crippen molar-refractivity contribution in [2.75, 3.05) is 23.7 Å². The van der Waals surface area contributed by atoms with Gasteiger partial charge in [-0.05, 0) is 69.4 Å². The van der Waals surface area contributed by atoms with Crippen LogP contribution in [0.25, 0.3) is 0 Å². The molecule has 1 fully saturated rings. The number of piperidine rings is 1. The lowest BCUT2D eigenvalue weighted by molar-refractivity contribution is 0.176. The molecular weight excluding hydrogens is 531 g/mol. The lowest BCUT2D eigenvalue weighted by Crippen LogP contribution is -2.49. The van der Waals surface area contributed by atoms with E-state index in [0.29, 0.717) is 10.0 Å². The Morgan fingerprint density at radius 2 is 1.95 bits per heavy atom. The van der Waals surface area contributed by atoms with Crippen LogP contribution in [0.2, 0.25) is 5.02 Å². The van der Waals surface area contributed by atoms with Crippen molar-refractivity contribution < 1.29 is 8.94 Å². The number of nitrogen functional groups attached to an aromatic ring is 1. The first kappa shape index (κ1) is 26.5. The third kappa shape index (κ3) is 5.40. The van der Waals surface area contributed by atoms with Crippen LogP contribution in [-0.2, 0) is 17.8 Å². The fourth-order valence-electron chi connectivity index (χ4n) is 5.10. The van der Waals surface area contributed by atoms with Crippen LogP contribution in [0.3, 0.4) is 0 Å². The van der Waals surface area contributed by atoms with Crippen molar-refractivity contribution in [2.45, 2.75) is 60.7 Å². The fraction of sp³-hybridized carbons (Fsp3) is 0.423. The van der Waals surface area contributed by atoms with Crippen LogP contribution in [0.5, 0.6) is 0 Å². The van der Waals surface area contributed by atoms with Crippen LogP contribution in [0.4, 0.5) is 16.0 Å². The average molecular weight is 561 g/mol. The number of aromatic nitrogens is 3. The minimum atomic E-state index is -1.24. The van der Waals surface area contributed by atoms with E-state index in [9.17, 15) is 8.94 Å². The fourth-order valence-corrected chi connectivity index (χ4v) is 7.03. The van der Waals surface area contributed by atoms with Gasteiger partial charge in [0.2, 0.25) is 0 Å². The van der Waals surface area contributed by atoms with Crippen molar-refractivity contribution in [1.29, 1.82) is 0 Å². The van der Waals surface area contributed by atoms with Crippen molar-refractivity contribution in [3.05, 3.63) is 64.8 Å². The molecule has 5 rings (SSSR count). The molecule has 2 aromatic heterocycles. The summed E-state index contributed by atoms with van der Waals surface area (Å²) in [4.78, 5) is 16.2. The molecule has 2 aliphatic rings. The van der Waals surface area contributed by atoms with Gasteiger partial charge in [0.1, 0.15) is 27.2 Å². The number of nitrogens with one attached hydrogen (secondary N) is 1. The molecule has 1 aromatic carbocycles. The highest BCUT2D eigenvalue weighted by molar-refractivity contribution is 7.99. The second-order valence-electron chi connectivity index (χ2n) is 10.6. The van der Waals surface area contributed by atoms with Gasteiger partial charge in [-0.3, -0.25) is 0 Å². The maximum atomic E-state index is 14.1. The third-order valence-corrected chi connectivity index (χ3v) is 10.2. The minimum Gasteiger partial charge on any atom is -0.598 e. The standard InChI is InChI=1S/C26H30ClFN6OS2/c1-25(2,3)37(35)33-23-18-5-4-17(28)12-16(18)13-26(23)7-10-34(11-8-26)20-14-32-21(15-31-20)36-19-6-9-30-24(29)22(19)27/h4-6,9,12,14-15,23,33H,7-8,10-11,13H2,1-3H3,(H2,29,30)/t23-,37-/m1/s1. The van der Waals surface area contributed by atoms with E-state index in [0.717, 1.165) is 54.2 Å². The van der Waals surface area contributed by atoms with Gasteiger partial charge >= 0.3 is 0 Å². The van der Waals surface area contributed by atoms with Crippen LogP contribution in [0, 0.1) is 11.2 Å². The minimum absolute atomic E-state index is 0.0901. The maximum absolute atomic E-state index is 14.1. The molecule has 3 N–H and O–H groups in total. The number of halogens is 2. The van der Waals surface area contributed by atoms with Gasteiger partial charge in [0.15, 0.2) is 0 Å². The van der Waals surface area contributed by atoms with Crippen LogP contribution < -0.4 is 15.4 Å². The molecule has 3 aromatic rings. The first-order chi connectivity index (χ1) is 17.6. The van der Waals surface area contributed by atoms with E-state index in [1.807, 2.05) is 26.8 Å². The van der Waals surface area contributed by atoms with Crippen LogP contribution >= 0.6 is 23.4 Å². The summed E-state index contributed by atoms with van der Waals surface area (Å²) >= 11 is 6.41. The Kier molecular flexibility index (Phi) is 7.32. The predicted octanol–water partition coefficient (Wildman–Crippen LogP) is 5.33. The number of nitrogens with zero attached hydrogens (tertiary/aromatic N) is 4. The number of rotatable bonds is 5. The Balaban J connectivity index is 1.30. The Labute approximate surface area is 229 Å². The zero-order valence-electron chi connectivity index (χ0n) is 21.0. The summed E-state index contributed by atoms with van der Waals surface area (Å²) in [6.07, 6.45) is 7.64. The number of anilines is 2. The van der Waals surface area contributed by atoms with Crippen LogP contribution in [-0.4, -0.2) is 37.3 Å². The second-order valence-corrected chi connectivity index (χ2v) is 14.1. The summed E-state index contributed by atoms with van der Waals surface area (Å²) in [6.45, 7) is 7.45. The molecule has 0 amide bonds. The quantitative estimate of drug-likeness (QED) is 0.403. The van der Waals surface area contributed by atoms with Gasteiger partial charge in [0, 0.05) is 41.0 Å². The topological polar surface area (TPSA) is 103 Å². The summed E-state index contributed by atoms with van der Waals surface area (Å²) in [5.41, 5.74) is 7.74. The van der Waals surface area contributed by atoms with Gasteiger partial charge in [-0.15, -0.1) is 4.72 Å². The summed E-state index contributed by atoms with van der Waals surface area (Å²) < 4.78 is 30.2. The molecular formula is C26H30ClFN6OS2. The molecule has 2 atom stereocenters. The number of nitrogens with two attached hydrogens (primary N) is 1. The van der Waals surface area contributed by atoms with Crippen LogP contribution in [0.1, 0.15) is 50.8 Å². The largest absolute Gasteiger partial charge is 0.598 e. The second kappa shape index (κ2) is 10.2. The highest BCUT2D eigenvalue weighted by Crippen LogP contribution is 2.53. The Hall–Kier alpha value is -2.11. The molecule has 7 nitrogen and oxygen atoms in total.